The molecule has 204 valence electrons. The number of fused-ring (bicyclic) bond motifs is 2. The predicted molar refractivity (Wildman–Crippen MR) is 143 cm³/mol. The highest BCUT2D eigenvalue weighted by Crippen LogP contribution is 2.54. The van der Waals surface area contributed by atoms with Gasteiger partial charge in [0, 0.05) is 26.2 Å². The summed E-state index contributed by atoms with van der Waals surface area (Å²) in [6, 6.07) is 8.31. The van der Waals surface area contributed by atoms with Crippen molar-refractivity contribution in [3.63, 3.8) is 0 Å². The number of benzene rings is 1. The summed E-state index contributed by atoms with van der Waals surface area (Å²) in [6.07, 6.45) is 8.80. The van der Waals surface area contributed by atoms with E-state index in [9.17, 15) is 19.5 Å². The average Bonchev–Trinajstić information content (AvgIpc) is 3.22. The van der Waals surface area contributed by atoms with Gasteiger partial charge in [0.15, 0.2) is 0 Å². The van der Waals surface area contributed by atoms with Crippen LogP contribution in [-0.4, -0.2) is 87.6 Å². The summed E-state index contributed by atoms with van der Waals surface area (Å²) in [5.74, 6) is -2.27. The van der Waals surface area contributed by atoms with Gasteiger partial charge in [-0.15, -0.1) is 0 Å². The molecule has 0 saturated carbocycles. The summed E-state index contributed by atoms with van der Waals surface area (Å²) in [5.41, 5.74) is -0.252. The summed E-state index contributed by atoms with van der Waals surface area (Å²) < 4.78 is 6.70. The number of amides is 3. The Morgan fingerprint density at radius 3 is 2.45 bits per heavy atom. The third kappa shape index (κ3) is 4.28. The number of rotatable bonds is 8. The summed E-state index contributed by atoms with van der Waals surface area (Å²) in [7, 11) is 0. The molecule has 8 heteroatoms. The second-order valence-electron chi connectivity index (χ2n) is 11.3. The molecule has 1 spiro atoms. The van der Waals surface area contributed by atoms with Crippen LogP contribution in [0.4, 0.5) is 0 Å². The minimum absolute atomic E-state index is 0.0842. The molecule has 0 aromatic heterocycles. The predicted octanol–water partition coefficient (Wildman–Crippen LogP) is 2.38. The van der Waals surface area contributed by atoms with E-state index in [1.807, 2.05) is 68.5 Å². The zero-order chi connectivity index (χ0) is 27.0. The standard InChI is InChI=1S/C30H39N3O5/c1-4-5-15-31-17-10-14-30-25(28(36)33(26(30)29(31)37)22(19-34)20(2)3)24-23(38-30)13-9-16-32(27(24)35)18-21-11-7-6-8-12-21/h6-14,20,22-26,34H,4-5,15-19H2,1-3H3/t22-,23+,24-,25-,26?,30-/m0/s1. The molecule has 3 amide bonds. The lowest BCUT2D eigenvalue weighted by molar-refractivity contribution is -0.152. The second-order valence-corrected chi connectivity index (χ2v) is 11.3. The van der Waals surface area contributed by atoms with E-state index < -0.39 is 35.6 Å². The van der Waals surface area contributed by atoms with Crippen molar-refractivity contribution in [2.24, 2.45) is 17.8 Å². The lowest BCUT2D eigenvalue weighted by Crippen LogP contribution is -2.59. The maximum absolute atomic E-state index is 14.3. The summed E-state index contributed by atoms with van der Waals surface area (Å²) in [4.78, 5) is 47.7. The molecule has 5 rings (SSSR count). The van der Waals surface area contributed by atoms with Crippen molar-refractivity contribution in [2.75, 3.05) is 26.2 Å². The highest BCUT2D eigenvalue weighted by atomic mass is 16.5. The van der Waals surface area contributed by atoms with Crippen molar-refractivity contribution < 1.29 is 24.2 Å². The Morgan fingerprint density at radius 1 is 1.03 bits per heavy atom. The van der Waals surface area contributed by atoms with Gasteiger partial charge in [0.05, 0.1) is 30.6 Å². The first kappa shape index (κ1) is 26.6. The van der Waals surface area contributed by atoms with Crippen LogP contribution in [0.15, 0.2) is 54.6 Å². The molecule has 2 saturated heterocycles. The number of carbonyl (C=O) groups is 3. The fraction of sp³-hybridized carbons (Fsp3) is 0.567. The zero-order valence-corrected chi connectivity index (χ0v) is 22.5. The van der Waals surface area contributed by atoms with E-state index >= 15 is 0 Å². The molecule has 4 aliphatic heterocycles. The van der Waals surface area contributed by atoms with Gasteiger partial charge in [-0.05, 0) is 17.9 Å². The molecule has 38 heavy (non-hydrogen) atoms. The topological polar surface area (TPSA) is 90.4 Å². The number of aliphatic hydroxyl groups is 1. The first-order valence-electron chi connectivity index (χ1n) is 13.9. The summed E-state index contributed by atoms with van der Waals surface area (Å²) >= 11 is 0. The Labute approximate surface area is 224 Å². The lowest BCUT2D eigenvalue weighted by Gasteiger charge is -2.39. The van der Waals surface area contributed by atoms with Crippen molar-refractivity contribution in [2.45, 2.75) is 63.9 Å². The monoisotopic (exact) mass is 521 g/mol. The van der Waals surface area contributed by atoms with Crippen LogP contribution >= 0.6 is 0 Å². The van der Waals surface area contributed by atoms with Crippen LogP contribution in [0.1, 0.15) is 39.2 Å². The molecule has 8 nitrogen and oxygen atoms in total. The molecule has 1 aromatic rings. The van der Waals surface area contributed by atoms with E-state index in [2.05, 4.69) is 6.92 Å². The normalized spacial score (nSPS) is 31.4. The lowest BCUT2D eigenvalue weighted by atomic mass is 9.77. The minimum atomic E-state index is -1.26. The van der Waals surface area contributed by atoms with Crippen molar-refractivity contribution >= 4 is 17.7 Å². The van der Waals surface area contributed by atoms with Gasteiger partial charge in [-0.25, -0.2) is 0 Å². The van der Waals surface area contributed by atoms with E-state index in [1.54, 1.807) is 14.7 Å². The van der Waals surface area contributed by atoms with Crippen LogP contribution in [0.3, 0.4) is 0 Å². The van der Waals surface area contributed by atoms with Crippen molar-refractivity contribution in [1.29, 1.82) is 0 Å². The first-order chi connectivity index (χ1) is 18.3. The maximum atomic E-state index is 14.3. The molecule has 0 aliphatic carbocycles. The highest BCUT2D eigenvalue weighted by Gasteiger charge is 2.72. The molecule has 1 N–H and O–H groups in total. The van der Waals surface area contributed by atoms with Gasteiger partial charge >= 0.3 is 0 Å². The molecule has 1 unspecified atom stereocenters. The van der Waals surface area contributed by atoms with Gasteiger partial charge in [-0.2, -0.15) is 0 Å². The Balaban J connectivity index is 1.57. The van der Waals surface area contributed by atoms with E-state index in [0.29, 0.717) is 26.2 Å². The van der Waals surface area contributed by atoms with Crippen LogP contribution in [0, 0.1) is 17.8 Å². The van der Waals surface area contributed by atoms with Crippen molar-refractivity contribution in [1.82, 2.24) is 14.7 Å². The highest BCUT2D eigenvalue weighted by molar-refractivity contribution is 6.00. The average molecular weight is 522 g/mol. The Hall–Kier alpha value is -2.97. The summed E-state index contributed by atoms with van der Waals surface area (Å²) in [5, 5.41) is 10.4. The smallest absolute Gasteiger partial charge is 0.249 e. The quantitative estimate of drug-likeness (QED) is 0.531. The largest absolute Gasteiger partial charge is 0.394 e. The van der Waals surface area contributed by atoms with Gasteiger partial charge in [0.25, 0.3) is 0 Å². The van der Waals surface area contributed by atoms with Gasteiger partial charge in [-0.3, -0.25) is 14.4 Å². The fourth-order valence-corrected chi connectivity index (χ4v) is 6.65. The fourth-order valence-electron chi connectivity index (χ4n) is 6.65. The molecule has 4 heterocycles. The third-order valence-corrected chi connectivity index (χ3v) is 8.58. The minimum Gasteiger partial charge on any atom is -0.394 e. The summed E-state index contributed by atoms with van der Waals surface area (Å²) in [6.45, 7) is 7.55. The molecule has 0 radical (unpaired) electrons. The van der Waals surface area contributed by atoms with E-state index in [-0.39, 0.29) is 30.2 Å². The van der Waals surface area contributed by atoms with E-state index in [4.69, 9.17) is 4.74 Å². The van der Waals surface area contributed by atoms with Gasteiger partial charge in [0.1, 0.15) is 11.6 Å². The number of hydrogen-bond donors (Lipinski definition) is 1. The molecule has 1 aromatic carbocycles. The van der Waals surface area contributed by atoms with Gasteiger partial charge in [0.2, 0.25) is 17.7 Å². The molecule has 0 bridgehead atoms. The number of nitrogens with zero attached hydrogens (tertiary/aromatic N) is 3. The van der Waals surface area contributed by atoms with Crippen LogP contribution < -0.4 is 0 Å². The SMILES string of the molecule is CCCCN1CC=C[C@]23O[C@@H]4C=CCN(Cc5ccccc5)C(=O)[C@@H]4[C@H]2C(=O)N([C@@H](CO)C(C)C)C3C1=O. The van der Waals surface area contributed by atoms with E-state index in [1.165, 1.54) is 0 Å². The number of carbonyl (C=O) groups excluding carboxylic acids is 3. The Bertz CT molecular complexity index is 1120. The molecule has 6 atom stereocenters. The molecular formula is C30H39N3O5. The second kappa shape index (κ2) is 10.7. The van der Waals surface area contributed by atoms with E-state index in [0.717, 1.165) is 18.4 Å². The maximum Gasteiger partial charge on any atom is 0.249 e. The number of aliphatic hydroxyl groups excluding tert-OH is 1. The van der Waals surface area contributed by atoms with Crippen molar-refractivity contribution in [3.8, 4) is 0 Å². The number of likely N-dealkylation sites (tertiary alicyclic amines) is 1. The first-order valence-corrected chi connectivity index (χ1v) is 13.9. The number of unbranched alkanes of at least 4 members (excludes halogenated alkanes) is 1. The van der Waals surface area contributed by atoms with Crippen LogP contribution in [0.5, 0.6) is 0 Å². The Morgan fingerprint density at radius 2 is 1.76 bits per heavy atom. The molecule has 4 aliphatic rings. The Kier molecular flexibility index (Phi) is 7.47. The molecular weight excluding hydrogens is 482 g/mol. The van der Waals surface area contributed by atoms with Gasteiger partial charge < -0.3 is 24.5 Å². The number of ether oxygens (including phenoxy) is 1. The van der Waals surface area contributed by atoms with Gasteiger partial charge in [-0.1, -0.05) is 81.8 Å². The van der Waals surface area contributed by atoms with Crippen LogP contribution in [0.25, 0.3) is 0 Å². The van der Waals surface area contributed by atoms with Crippen LogP contribution in [-0.2, 0) is 25.7 Å². The third-order valence-electron chi connectivity index (χ3n) is 8.58. The van der Waals surface area contributed by atoms with Crippen molar-refractivity contribution in [3.05, 3.63) is 60.2 Å². The number of hydrogen-bond acceptors (Lipinski definition) is 5. The zero-order valence-electron chi connectivity index (χ0n) is 22.5. The molecule has 2 fully saturated rings. The van der Waals surface area contributed by atoms with Crippen LogP contribution in [0.2, 0.25) is 0 Å².